The molecule has 0 spiro atoms. The van der Waals surface area contributed by atoms with Crippen molar-refractivity contribution in [3.63, 3.8) is 0 Å². The van der Waals surface area contributed by atoms with Gasteiger partial charge in [-0.15, -0.1) is 0 Å². The van der Waals surface area contributed by atoms with E-state index in [-0.39, 0.29) is 30.8 Å². The molecule has 2 atom stereocenters. The van der Waals surface area contributed by atoms with Crippen molar-refractivity contribution >= 4 is 22.5 Å². The molecule has 234 valence electrons. The SMILES string of the molecule is CC.COc1cc(C(=O)NC(C)C)ccc1OCC#Cc1cc2c(NC3CCN(C)CC3F)cccc2n1CC(F)(F)F. The number of aromatic nitrogens is 1. The normalized spacial score (nSPS) is 17.0. The fourth-order valence-electron chi connectivity index (χ4n) is 4.80. The quantitative estimate of drug-likeness (QED) is 0.235. The third kappa shape index (κ3) is 9.04. The van der Waals surface area contributed by atoms with Crippen LogP contribution in [-0.4, -0.2) is 73.7 Å². The van der Waals surface area contributed by atoms with Gasteiger partial charge < -0.3 is 29.6 Å². The number of halogens is 4. The molecule has 1 aliphatic heterocycles. The van der Waals surface area contributed by atoms with Gasteiger partial charge in [0.05, 0.1) is 24.4 Å². The van der Waals surface area contributed by atoms with Gasteiger partial charge in [-0.3, -0.25) is 4.79 Å². The van der Waals surface area contributed by atoms with E-state index in [1.807, 2.05) is 39.6 Å². The number of benzene rings is 2. The number of anilines is 1. The lowest BCUT2D eigenvalue weighted by atomic mass is 10.0. The topological polar surface area (TPSA) is 67.8 Å². The number of rotatable bonds is 8. The molecule has 4 rings (SSSR count). The Kier molecular flexibility index (Phi) is 11.7. The van der Waals surface area contributed by atoms with Crippen LogP contribution in [0.2, 0.25) is 0 Å². The van der Waals surface area contributed by atoms with Crippen molar-refractivity contribution in [1.29, 1.82) is 0 Å². The third-order valence-electron chi connectivity index (χ3n) is 6.73. The molecule has 2 N–H and O–H groups in total. The van der Waals surface area contributed by atoms with Gasteiger partial charge in [-0.25, -0.2) is 4.39 Å². The Balaban J connectivity index is 0.00000248. The zero-order valence-electron chi connectivity index (χ0n) is 25.4. The monoisotopic (exact) mass is 604 g/mol. The van der Waals surface area contributed by atoms with Crippen molar-refractivity contribution in [2.24, 2.45) is 0 Å². The van der Waals surface area contributed by atoms with Gasteiger partial charge in [0.25, 0.3) is 5.91 Å². The summed E-state index contributed by atoms with van der Waals surface area (Å²) in [6, 6.07) is 10.8. The van der Waals surface area contributed by atoms with Crippen molar-refractivity contribution in [1.82, 2.24) is 14.8 Å². The summed E-state index contributed by atoms with van der Waals surface area (Å²) in [6.45, 7) is 7.36. The third-order valence-corrected chi connectivity index (χ3v) is 6.73. The molecule has 2 heterocycles. The molecular weight excluding hydrogens is 564 g/mol. The Morgan fingerprint density at radius 1 is 1.14 bits per heavy atom. The molecule has 0 saturated carbocycles. The number of fused-ring (bicyclic) bond motifs is 1. The van der Waals surface area contributed by atoms with E-state index in [2.05, 4.69) is 22.5 Å². The molecule has 0 bridgehead atoms. The number of carbonyl (C=O) groups is 1. The first-order chi connectivity index (χ1) is 20.4. The van der Waals surface area contributed by atoms with Crippen molar-refractivity contribution in [2.75, 3.05) is 39.2 Å². The van der Waals surface area contributed by atoms with Crippen molar-refractivity contribution in [3.05, 3.63) is 53.7 Å². The molecule has 43 heavy (non-hydrogen) atoms. The van der Waals surface area contributed by atoms with E-state index in [4.69, 9.17) is 9.47 Å². The Bertz CT molecular complexity index is 1440. The van der Waals surface area contributed by atoms with E-state index >= 15 is 0 Å². The average Bonchev–Trinajstić information content (AvgIpc) is 3.29. The summed E-state index contributed by atoms with van der Waals surface area (Å²) in [4.78, 5) is 14.2. The highest BCUT2D eigenvalue weighted by Crippen LogP contribution is 2.32. The molecule has 1 aromatic heterocycles. The number of nitrogens with zero attached hydrogens (tertiary/aromatic N) is 2. The van der Waals surface area contributed by atoms with E-state index in [9.17, 15) is 22.4 Å². The number of amides is 1. The zero-order chi connectivity index (χ0) is 31.7. The van der Waals surface area contributed by atoms with E-state index < -0.39 is 24.9 Å². The molecule has 2 aromatic carbocycles. The van der Waals surface area contributed by atoms with Crippen LogP contribution in [-0.2, 0) is 6.54 Å². The Labute approximate surface area is 250 Å². The fraction of sp³-hybridized carbons (Fsp3) is 0.469. The zero-order valence-corrected chi connectivity index (χ0v) is 25.4. The van der Waals surface area contributed by atoms with E-state index in [0.717, 1.165) is 11.1 Å². The van der Waals surface area contributed by atoms with Crippen LogP contribution in [0.25, 0.3) is 10.9 Å². The number of likely N-dealkylation sites (tertiary alicyclic amines) is 1. The van der Waals surface area contributed by atoms with Crippen molar-refractivity contribution < 1.29 is 31.8 Å². The van der Waals surface area contributed by atoms with Crippen LogP contribution in [0.5, 0.6) is 11.5 Å². The van der Waals surface area contributed by atoms with Crippen LogP contribution in [0.15, 0.2) is 42.5 Å². The average molecular weight is 605 g/mol. The van der Waals surface area contributed by atoms with Gasteiger partial charge in [0.1, 0.15) is 19.3 Å². The lowest BCUT2D eigenvalue weighted by Crippen LogP contribution is -2.46. The van der Waals surface area contributed by atoms with Gasteiger partial charge in [-0.2, -0.15) is 13.2 Å². The van der Waals surface area contributed by atoms with Gasteiger partial charge >= 0.3 is 6.18 Å². The highest BCUT2D eigenvalue weighted by Gasteiger charge is 2.31. The summed E-state index contributed by atoms with van der Waals surface area (Å²) in [6.07, 6.45) is -5.00. The number of hydrogen-bond acceptors (Lipinski definition) is 5. The Morgan fingerprint density at radius 3 is 2.53 bits per heavy atom. The van der Waals surface area contributed by atoms with Crippen LogP contribution in [0.1, 0.15) is 50.2 Å². The smallest absolute Gasteiger partial charge is 0.406 e. The highest BCUT2D eigenvalue weighted by molar-refractivity contribution is 5.95. The highest BCUT2D eigenvalue weighted by atomic mass is 19.4. The second kappa shape index (κ2) is 15.0. The van der Waals surface area contributed by atoms with Gasteiger partial charge in [0, 0.05) is 35.8 Å². The lowest BCUT2D eigenvalue weighted by molar-refractivity contribution is -0.140. The number of hydrogen-bond donors (Lipinski definition) is 2. The molecule has 1 saturated heterocycles. The molecule has 0 aliphatic carbocycles. The van der Waals surface area contributed by atoms with Crippen LogP contribution < -0.4 is 20.1 Å². The first kappa shape index (κ1) is 33.6. The maximum Gasteiger partial charge on any atom is 0.406 e. The van der Waals surface area contributed by atoms with Crippen LogP contribution in [0.3, 0.4) is 0 Å². The van der Waals surface area contributed by atoms with Gasteiger partial charge in [-0.1, -0.05) is 25.8 Å². The molecule has 0 radical (unpaired) electrons. The number of methoxy groups -OCH3 is 1. The van der Waals surface area contributed by atoms with E-state index in [1.165, 1.54) is 7.11 Å². The summed E-state index contributed by atoms with van der Waals surface area (Å²) in [7, 11) is 3.29. The first-order valence-electron chi connectivity index (χ1n) is 14.3. The molecular formula is C32H40F4N4O3. The van der Waals surface area contributed by atoms with E-state index in [1.54, 1.807) is 42.5 Å². The predicted octanol–water partition coefficient (Wildman–Crippen LogP) is 6.26. The minimum Gasteiger partial charge on any atom is -0.493 e. The Morgan fingerprint density at radius 2 is 1.88 bits per heavy atom. The summed E-state index contributed by atoms with van der Waals surface area (Å²) in [5, 5.41) is 6.54. The second-order valence-electron chi connectivity index (χ2n) is 10.4. The van der Waals surface area contributed by atoms with E-state index in [0.29, 0.717) is 40.1 Å². The van der Waals surface area contributed by atoms with Crippen molar-refractivity contribution in [3.8, 4) is 23.3 Å². The minimum atomic E-state index is -4.47. The minimum absolute atomic E-state index is 0.0330. The maximum atomic E-state index is 14.7. The van der Waals surface area contributed by atoms with Gasteiger partial charge in [0.15, 0.2) is 11.5 Å². The summed E-state index contributed by atoms with van der Waals surface area (Å²) in [5.74, 6) is 5.99. The summed E-state index contributed by atoms with van der Waals surface area (Å²) >= 11 is 0. The van der Waals surface area contributed by atoms with Gasteiger partial charge in [-0.05, 0) is 69.6 Å². The number of carbonyl (C=O) groups excluding carboxylic acids is 1. The maximum absolute atomic E-state index is 14.7. The number of alkyl halides is 4. The molecule has 2 unspecified atom stereocenters. The number of piperidine rings is 1. The number of ether oxygens (including phenoxy) is 2. The largest absolute Gasteiger partial charge is 0.493 e. The van der Waals surface area contributed by atoms with Crippen molar-refractivity contribution in [2.45, 2.75) is 65.1 Å². The summed E-state index contributed by atoms with van der Waals surface area (Å²) in [5.41, 5.74) is 1.46. The second-order valence-corrected chi connectivity index (χ2v) is 10.4. The van der Waals surface area contributed by atoms with Crippen LogP contribution in [0, 0.1) is 11.8 Å². The van der Waals surface area contributed by atoms with Crippen LogP contribution >= 0.6 is 0 Å². The standard InChI is InChI=1S/C30H34F4N4O3.C2H6/c1-19(2)35-29(39)20-10-11-27(28(15-20)40-4)41-14-6-7-21-16-22-24(36-25-12-13-37(3)17-23(25)31)8-5-9-26(22)38(21)18-30(32,33)34;1-2/h5,8-11,15-16,19,23,25,36H,12-14,17-18H2,1-4H3,(H,35,39);1-2H3. The van der Waals surface area contributed by atoms with Crippen LogP contribution in [0.4, 0.5) is 23.2 Å². The molecule has 1 amide bonds. The Hall–Kier alpha value is -3.91. The molecule has 1 aliphatic rings. The molecule has 3 aromatic rings. The number of nitrogens with one attached hydrogen (secondary N) is 2. The fourth-order valence-corrected chi connectivity index (χ4v) is 4.80. The molecule has 11 heteroatoms. The van der Waals surface area contributed by atoms with Gasteiger partial charge in [0.2, 0.25) is 0 Å². The predicted molar refractivity (Wildman–Crippen MR) is 162 cm³/mol. The molecule has 1 fully saturated rings. The first-order valence-corrected chi connectivity index (χ1v) is 14.3. The summed E-state index contributed by atoms with van der Waals surface area (Å²) < 4.78 is 67.4. The molecule has 7 nitrogen and oxygen atoms in total. The lowest BCUT2D eigenvalue weighted by Gasteiger charge is -2.33.